The normalized spacial score (nSPS) is 11.9. The van der Waals surface area contributed by atoms with Crippen molar-refractivity contribution in [1.82, 2.24) is 25.0 Å². The molecule has 0 spiro atoms. The number of H-pyrrole nitrogens is 2. The summed E-state index contributed by atoms with van der Waals surface area (Å²) in [5, 5.41) is 3.07. The average molecular weight is 327 g/mol. The Kier molecular flexibility index (Phi) is 5.06. The molecule has 0 fully saturated rings. The summed E-state index contributed by atoms with van der Waals surface area (Å²) in [4.78, 5) is 30.8. The van der Waals surface area contributed by atoms with Crippen molar-refractivity contribution < 1.29 is 8.42 Å². The van der Waals surface area contributed by atoms with Gasteiger partial charge in [-0.25, -0.2) is 22.9 Å². The second-order valence-corrected chi connectivity index (χ2v) is 6.39. The molecule has 0 bridgehead atoms. The first-order chi connectivity index (χ1) is 10.4. The lowest BCUT2D eigenvalue weighted by Gasteiger charge is -2.07. The summed E-state index contributed by atoms with van der Waals surface area (Å²) in [5.41, 5.74) is -1.34. The summed E-state index contributed by atoms with van der Waals surface area (Å²) in [6.07, 6.45) is 2.06. The van der Waals surface area contributed by atoms with E-state index in [2.05, 4.69) is 20.0 Å². The Morgan fingerprint density at radius 3 is 2.68 bits per heavy atom. The van der Waals surface area contributed by atoms with E-state index in [0.29, 0.717) is 6.54 Å². The highest BCUT2D eigenvalue weighted by Crippen LogP contribution is 2.10. The zero-order valence-electron chi connectivity index (χ0n) is 12.0. The molecule has 9 nitrogen and oxygen atoms in total. The number of fused-ring (bicyclic) bond motifs is 1. The third kappa shape index (κ3) is 3.78. The Labute approximate surface area is 126 Å². The van der Waals surface area contributed by atoms with E-state index in [0.717, 1.165) is 19.2 Å². The van der Waals surface area contributed by atoms with E-state index in [1.165, 1.54) is 6.07 Å². The molecular weight excluding hydrogens is 310 g/mol. The molecule has 0 saturated carbocycles. The predicted octanol–water partition coefficient (Wildman–Crippen LogP) is -1.11. The van der Waals surface area contributed by atoms with Gasteiger partial charge < -0.3 is 5.32 Å². The Hall–Kier alpha value is -2.04. The second-order valence-electron chi connectivity index (χ2n) is 4.62. The molecule has 22 heavy (non-hydrogen) atoms. The van der Waals surface area contributed by atoms with Gasteiger partial charge in [0.2, 0.25) is 10.0 Å². The highest BCUT2D eigenvalue weighted by atomic mass is 32.2. The van der Waals surface area contributed by atoms with Crippen molar-refractivity contribution in [2.45, 2.75) is 18.2 Å². The highest BCUT2D eigenvalue weighted by molar-refractivity contribution is 7.89. The van der Waals surface area contributed by atoms with Crippen LogP contribution in [0.1, 0.15) is 13.3 Å². The van der Waals surface area contributed by atoms with Crippen LogP contribution in [0.5, 0.6) is 0 Å². The van der Waals surface area contributed by atoms with Gasteiger partial charge in [-0.15, -0.1) is 0 Å². The lowest BCUT2D eigenvalue weighted by molar-refractivity contribution is 0.575. The fourth-order valence-electron chi connectivity index (χ4n) is 1.83. The van der Waals surface area contributed by atoms with E-state index >= 15 is 0 Å². The summed E-state index contributed by atoms with van der Waals surface area (Å²) >= 11 is 0. The minimum absolute atomic E-state index is 0.00610. The molecular formula is C12H17N5O4S. The van der Waals surface area contributed by atoms with Crippen LogP contribution >= 0.6 is 0 Å². The minimum Gasteiger partial charge on any atom is -0.315 e. The van der Waals surface area contributed by atoms with Crippen molar-refractivity contribution in [1.29, 1.82) is 0 Å². The molecule has 0 unspecified atom stereocenters. The minimum atomic E-state index is -3.76. The second kappa shape index (κ2) is 6.81. The molecule has 0 saturated heterocycles. The van der Waals surface area contributed by atoms with Crippen molar-refractivity contribution >= 4 is 21.1 Å². The van der Waals surface area contributed by atoms with Crippen LogP contribution in [0.4, 0.5) is 0 Å². The average Bonchev–Trinajstić information content (AvgIpc) is 2.46. The summed E-state index contributed by atoms with van der Waals surface area (Å²) in [5.74, 6) is 0. The lowest BCUT2D eigenvalue weighted by Crippen LogP contribution is -2.32. The number of hydrogen-bond acceptors (Lipinski definition) is 6. The van der Waals surface area contributed by atoms with Gasteiger partial charge in [0.05, 0.1) is 5.39 Å². The van der Waals surface area contributed by atoms with Gasteiger partial charge >= 0.3 is 5.69 Å². The fourth-order valence-corrected chi connectivity index (χ4v) is 2.84. The fraction of sp³-hybridized carbons (Fsp3) is 0.417. The van der Waals surface area contributed by atoms with Gasteiger partial charge in [-0.3, -0.25) is 14.8 Å². The predicted molar refractivity (Wildman–Crippen MR) is 81.3 cm³/mol. The van der Waals surface area contributed by atoms with Crippen molar-refractivity contribution in [3.63, 3.8) is 0 Å². The number of pyridine rings is 1. The molecule has 0 aromatic carbocycles. The molecule has 10 heteroatoms. The molecule has 2 aromatic heterocycles. The van der Waals surface area contributed by atoms with Crippen molar-refractivity contribution in [2.24, 2.45) is 0 Å². The van der Waals surface area contributed by atoms with Gasteiger partial charge in [0.1, 0.15) is 10.5 Å². The zero-order chi connectivity index (χ0) is 16.2. The van der Waals surface area contributed by atoms with Crippen molar-refractivity contribution in [3.05, 3.63) is 33.1 Å². The number of sulfonamides is 1. The molecule has 2 heterocycles. The third-order valence-electron chi connectivity index (χ3n) is 2.90. The van der Waals surface area contributed by atoms with Crippen LogP contribution in [0.25, 0.3) is 11.0 Å². The van der Waals surface area contributed by atoms with Crippen LogP contribution in [-0.2, 0) is 10.0 Å². The molecule has 0 radical (unpaired) electrons. The van der Waals surface area contributed by atoms with E-state index in [1.54, 1.807) is 0 Å². The number of rotatable bonds is 7. The molecule has 2 aromatic rings. The summed E-state index contributed by atoms with van der Waals surface area (Å²) in [6, 6.07) is 1.18. The van der Waals surface area contributed by atoms with E-state index in [1.807, 2.05) is 11.9 Å². The summed E-state index contributed by atoms with van der Waals surface area (Å²) in [7, 11) is -3.76. The molecule has 4 N–H and O–H groups in total. The van der Waals surface area contributed by atoms with E-state index in [-0.39, 0.29) is 22.5 Å². The first-order valence-corrected chi connectivity index (χ1v) is 8.25. The van der Waals surface area contributed by atoms with Crippen molar-refractivity contribution in [2.75, 3.05) is 19.6 Å². The molecule has 0 aliphatic heterocycles. The number of aromatic amines is 2. The summed E-state index contributed by atoms with van der Waals surface area (Å²) < 4.78 is 26.7. The maximum atomic E-state index is 12.1. The first-order valence-electron chi connectivity index (χ1n) is 6.77. The topological polar surface area (TPSA) is 137 Å². The molecule has 120 valence electrons. The molecule has 0 aliphatic rings. The van der Waals surface area contributed by atoms with Crippen molar-refractivity contribution in [3.8, 4) is 0 Å². The molecule has 0 atom stereocenters. The standard InChI is InChI=1S/C12H17N5O4S/c1-2-3-13-4-5-15-22(20,21)8-6-9-10(14-7-8)16-12(19)17-11(9)18/h6-7,13,15H,2-5H2,1H3,(H2,14,16,17,18,19). The van der Waals surface area contributed by atoms with Gasteiger partial charge in [0, 0.05) is 19.3 Å². The maximum absolute atomic E-state index is 12.1. The van der Waals surface area contributed by atoms with E-state index in [9.17, 15) is 18.0 Å². The van der Waals surface area contributed by atoms with Gasteiger partial charge in [0.15, 0.2) is 0 Å². The smallest absolute Gasteiger partial charge is 0.315 e. The first kappa shape index (κ1) is 16.3. The Balaban J connectivity index is 2.23. The van der Waals surface area contributed by atoms with Gasteiger partial charge in [-0.2, -0.15) is 0 Å². The van der Waals surface area contributed by atoms with Gasteiger partial charge in [-0.05, 0) is 19.0 Å². The third-order valence-corrected chi connectivity index (χ3v) is 4.33. The van der Waals surface area contributed by atoms with Crippen LogP contribution in [0, 0.1) is 0 Å². The number of nitrogens with one attached hydrogen (secondary N) is 4. The quantitative estimate of drug-likeness (QED) is 0.476. The largest absolute Gasteiger partial charge is 0.327 e. The highest BCUT2D eigenvalue weighted by Gasteiger charge is 2.15. The van der Waals surface area contributed by atoms with Gasteiger partial charge in [-0.1, -0.05) is 6.92 Å². The van der Waals surface area contributed by atoms with Crippen LogP contribution in [-0.4, -0.2) is 43.0 Å². The Morgan fingerprint density at radius 2 is 1.95 bits per heavy atom. The molecule has 0 amide bonds. The van der Waals surface area contributed by atoms with Gasteiger partial charge in [0.25, 0.3) is 5.56 Å². The summed E-state index contributed by atoms with van der Waals surface area (Å²) in [6.45, 7) is 3.55. The number of nitrogens with zero attached hydrogens (tertiary/aromatic N) is 1. The lowest BCUT2D eigenvalue weighted by atomic mass is 10.3. The number of hydrogen-bond donors (Lipinski definition) is 4. The Bertz CT molecular complexity index is 871. The van der Waals surface area contributed by atoms with Crippen LogP contribution in [0.15, 0.2) is 26.7 Å². The monoisotopic (exact) mass is 327 g/mol. The SMILES string of the molecule is CCCNCCNS(=O)(=O)c1cnc2[nH]c(=O)[nH]c(=O)c2c1. The maximum Gasteiger partial charge on any atom is 0.327 e. The van der Waals surface area contributed by atoms with Crippen LogP contribution in [0.2, 0.25) is 0 Å². The molecule has 2 rings (SSSR count). The number of aromatic nitrogens is 3. The van der Waals surface area contributed by atoms with E-state index in [4.69, 9.17) is 0 Å². The van der Waals surface area contributed by atoms with Crippen LogP contribution < -0.4 is 21.3 Å². The van der Waals surface area contributed by atoms with Crippen LogP contribution in [0.3, 0.4) is 0 Å². The molecule has 0 aliphatic carbocycles. The zero-order valence-corrected chi connectivity index (χ0v) is 12.8. The van der Waals surface area contributed by atoms with E-state index < -0.39 is 21.3 Å². The Morgan fingerprint density at radius 1 is 1.18 bits per heavy atom.